The minimum absolute atomic E-state index is 0.313. The van der Waals surface area contributed by atoms with Crippen molar-refractivity contribution in [1.82, 2.24) is 15.1 Å². The monoisotopic (exact) mass is 225 g/mol. The van der Waals surface area contributed by atoms with Crippen LogP contribution in [0.25, 0.3) is 0 Å². The molecule has 1 aromatic heterocycles. The Morgan fingerprint density at radius 3 is 2.88 bits per heavy atom. The largest absolute Gasteiger partial charge is 0.382 e. The van der Waals surface area contributed by atoms with Crippen LogP contribution in [0.15, 0.2) is 12.3 Å². The van der Waals surface area contributed by atoms with Gasteiger partial charge in [0.15, 0.2) is 0 Å². The van der Waals surface area contributed by atoms with Crippen LogP contribution in [0.1, 0.15) is 38.4 Å². The van der Waals surface area contributed by atoms with E-state index in [1.807, 2.05) is 24.9 Å². The lowest BCUT2D eigenvalue weighted by molar-refractivity contribution is 0.136. The molecule has 1 heterocycles. The molecular weight excluding hydrogens is 202 g/mol. The van der Waals surface area contributed by atoms with E-state index in [1.54, 1.807) is 0 Å². The second-order valence-electron chi connectivity index (χ2n) is 3.91. The summed E-state index contributed by atoms with van der Waals surface area (Å²) in [7, 11) is 1.95. The Bertz CT molecular complexity index is 286. The molecule has 1 N–H and O–H groups in total. The number of nitrogens with one attached hydrogen (secondary N) is 1. The van der Waals surface area contributed by atoms with Gasteiger partial charge in [-0.25, -0.2) is 0 Å². The normalized spacial score (nSPS) is 12.9. The van der Waals surface area contributed by atoms with Crippen molar-refractivity contribution in [1.29, 1.82) is 0 Å². The summed E-state index contributed by atoms with van der Waals surface area (Å²) in [4.78, 5) is 0. The van der Waals surface area contributed by atoms with Gasteiger partial charge in [0.1, 0.15) is 0 Å². The zero-order valence-electron chi connectivity index (χ0n) is 10.6. The average molecular weight is 225 g/mol. The van der Waals surface area contributed by atoms with Crippen molar-refractivity contribution in [2.45, 2.75) is 32.7 Å². The van der Waals surface area contributed by atoms with Gasteiger partial charge in [-0.3, -0.25) is 4.68 Å². The fourth-order valence-corrected chi connectivity index (χ4v) is 1.64. The zero-order valence-corrected chi connectivity index (χ0v) is 10.6. The third-order valence-electron chi connectivity index (χ3n) is 2.49. The number of aryl methyl sites for hydroxylation is 1. The Morgan fingerprint density at radius 2 is 2.31 bits per heavy atom. The van der Waals surface area contributed by atoms with Gasteiger partial charge in [-0.05, 0) is 32.4 Å². The van der Waals surface area contributed by atoms with Gasteiger partial charge in [-0.2, -0.15) is 5.10 Å². The van der Waals surface area contributed by atoms with Crippen LogP contribution in [-0.4, -0.2) is 29.5 Å². The Kier molecular flexibility index (Phi) is 6.11. The van der Waals surface area contributed by atoms with E-state index in [4.69, 9.17) is 4.74 Å². The van der Waals surface area contributed by atoms with E-state index in [0.717, 1.165) is 38.3 Å². The number of hydrogen-bond donors (Lipinski definition) is 1. The molecule has 1 aromatic rings. The number of nitrogens with zero attached hydrogens (tertiary/aromatic N) is 2. The van der Waals surface area contributed by atoms with Gasteiger partial charge in [-0.1, -0.05) is 6.92 Å². The van der Waals surface area contributed by atoms with E-state index < -0.39 is 0 Å². The Hall–Kier alpha value is -0.870. The topological polar surface area (TPSA) is 39.1 Å². The van der Waals surface area contributed by atoms with Crippen molar-refractivity contribution in [3.05, 3.63) is 18.0 Å². The van der Waals surface area contributed by atoms with Crippen molar-refractivity contribution in [3.8, 4) is 0 Å². The summed E-state index contributed by atoms with van der Waals surface area (Å²) in [6.45, 7) is 6.78. The molecule has 92 valence electrons. The number of hydrogen-bond acceptors (Lipinski definition) is 3. The Balaban J connectivity index is 2.49. The van der Waals surface area contributed by atoms with Gasteiger partial charge in [0.05, 0.1) is 11.7 Å². The predicted octanol–water partition coefficient (Wildman–Crippen LogP) is 1.89. The van der Waals surface area contributed by atoms with E-state index in [9.17, 15) is 0 Å². The number of ether oxygens (including phenoxy) is 1. The van der Waals surface area contributed by atoms with E-state index in [-0.39, 0.29) is 0 Å². The highest BCUT2D eigenvalue weighted by Gasteiger charge is 2.12. The van der Waals surface area contributed by atoms with Gasteiger partial charge >= 0.3 is 0 Å². The van der Waals surface area contributed by atoms with Crippen LogP contribution in [0.4, 0.5) is 0 Å². The van der Waals surface area contributed by atoms with Crippen molar-refractivity contribution in [2.75, 3.05) is 19.8 Å². The van der Waals surface area contributed by atoms with Crippen LogP contribution in [0.3, 0.4) is 0 Å². The lowest BCUT2D eigenvalue weighted by atomic mass is 10.1. The Labute approximate surface area is 98.0 Å². The van der Waals surface area contributed by atoms with Crippen molar-refractivity contribution < 1.29 is 4.74 Å². The van der Waals surface area contributed by atoms with Gasteiger partial charge in [0.25, 0.3) is 0 Å². The summed E-state index contributed by atoms with van der Waals surface area (Å²) in [5.41, 5.74) is 1.11. The van der Waals surface area contributed by atoms with Crippen LogP contribution in [0.2, 0.25) is 0 Å². The van der Waals surface area contributed by atoms with Crippen LogP contribution in [0.5, 0.6) is 0 Å². The molecular formula is C12H23N3O. The molecule has 0 saturated carbocycles. The van der Waals surface area contributed by atoms with E-state index in [0.29, 0.717) is 6.04 Å². The van der Waals surface area contributed by atoms with Crippen LogP contribution in [-0.2, 0) is 11.8 Å². The minimum Gasteiger partial charge on any atom is -0.382 e. The maximum absolute atomic E-state index is 5.40. The Morgan fingerprint density at radius 1 is 1.50 bits per heavy atom. The molecule has 1 rings (SSSR count). The number of aromatic nitrogens is 2. The molecule has 0 aliphatic heterocycles. The second kappa shape index (κ2) is 7.41. The standard InChI is InChI=1S/C12H23N3O/c1-4-8-13-11(7-10-16-5-2)12-6-9-15(3)14-12/h6,9,11,13H,4-5,7-8,10H2,1-3H3. The molecule has 0 bridgehead atoms. The first-order chi connectivity index (χ1) is 7.77. The lowest BCUT2D eigenvalue weighted by Gasteiger charge is -2.16. The molecule has 4 nitrogen and oxygen atoms in total. The fraction of sp³-hybridized carbons (Fsp3) is 0.750. The molecule has 0 aliphatic carbocycles. The molecule has 0 aliphatic rings. The van der Waals surface area contributed by atoms with Gasteiger partial charge < -0.3 is 10.1 Å². The molecule has 0 radical (unpaired) electrons. The second-order valence-corrected chi connectivity index (χ2v) is 3.91. The van der Waals surface area contributed by atoms with Crippen LogP contribution >= 0.6 is 0 Å². The SMILES string of the molecule is CCCNC(CCOCC)c1ccn(C)n1. The smallest absolute Gasteiger partial charge is 0.0794 e. The summed E-state index contributed by atoms with van der Waals surface area (Å²) in [5, 5.41) is 7.94. The first-order valence-electron chi connectivity index (χ1n) is 6.08. The molecule has 1 atom stereocenters. The van der Waals surface area contributed by atoms with Crippen molar-refractivity contribution >= 4 is 0 Å². The van der Waals surface area contributed by atoms with Gasteiger partial charge in [0, 0.05) is 26.5 Å². The van der Waals surface area contributed by atoms with Crippen LogP contribution in [0, 0.1) is 0 Å². The van der Waals surface area contributed by atoms with Crippen molar-refractivity contribution in [2.24, 2.45) is 7.05 Å². The summed E-state index contributed by atoms with van der Waals surface area (Å²) < 4.78 is 7.24. The summed E-state index contributed by atoms with van der Waals surface area (Å²) in [6.07, 6.45) is 4.10. The minimum atomic E-state index is 0.313. The highest BCUT2D eigenvalue weighted by atomic mass is 16.5. The van der Waals surface area contributed by atoms with Crippen molar-refractivity contribution in [3.63, 3.8) is 0 Å². The van der Waals surface area contributed by atoms with Gasteiger partial charge in [0.2, 0.25) is 0 Å². The van der Waals surface area contributed by atoms with Crippen LogP contribution < -0.4 is 5.32 Å². The first-order valence-corrected chi connectivity index (χ1v) is 6.08. The highest BCUT2D eigenvalue weighted by molar-refractivity contribution is 5.05. The van der Waals surface area contributed by atoms with E-state index in [1.165, 1.54) is 0 Å². The summed E-state index contributed by atoms with van der Waals surface area (Å²) in [5.74, 6) is 0. The number of rotatable bonds is 8. The first kappa shape index (κ1) is 13.2. The molecule has 0 aromatic carbocycles. The molecule has 0 spiro atoms. The molecule has 0 fully saturated rings. The maximum atomic E-state index is 5.40. The quantitative estimate of drug-likeness (QED) is 0.687. The average Bonchev–Trinajstić information content (AvgIpc) is 2.70. The zero-order chi connectivity index (χ0) is 11.8. The van der Waals surface area contributed by atoms with E-state index in [2.05, 4.69) is 23.4 Å². The molecule has 0 amide bonds. The molecule has 16 heavy (non-hydrogen) atoms. The molecule has 4 heteroatoms. The third kappa shape index (κ3) is 4.33. The van der Waals surface area contributed by atoms with Gasteiger partial charge in [-0.15, -0.1) is 0 Å². The third-order valence-corrected chi connectivity index (χ3v) is 2.49. The van der Waals surface area contributed by atoms with E-state index >= 15 is 0 Å². The maximum Gasteiger partial charge on any atom is 0.0794 e. The highest BCUT2D eigenvalue weighted by Crippen LogP contribution is 2.14. The summed E-state index contributed by atoms with van der Waals surface area (Å²) >= 11 is 0. The fourth-order valence-electron chi connectivity index (χ4n) is 1.64. The lowest BCUT2D eigenvalue weighted by Crippen LogP contribution is -2.24. The predicted molar refractivity (Wildman–Crippen MR) is 65.4 cm³/mol. The molecule has 0 saturated heterocycles. The molecule has 1 unspecified atom stereocenters. The summed E-state index contributed by atoms with van der Waals surface area (Å²) in [6, 6.07) is 2.38.